The molecule has 82 valence electrons. The lowest BCUT2D eigenvalue weighted by Crippen LogP contribution is -2.09. The van der Waals surface area contributed by atoms with Crippen LogP contribution in [0.5, 0.6) is 0 Å². The Morgan fingerprint density at radius 2 is 2.00 bits per heavy atom. The Morgan fingerprint density at radius 1 is 1.40 bits per heavy atom. The van der Waals surface area contributed by atoms with Gasteiger partial charge in [0.15, 0.2) is 0 Å². The first kappa shape index (κ1) is 12.3. The fourth-order valence-electron chi connectivity index (χ4n) is 1.65. The zero-order valence-corrected chi connectivity index (χ0v) is 9.74. The van der Waals surface area contributed by atoms with Crippen molar-refractivity contribution in [2.75, 3.05) is 0 Å². The van der Waals surface area contributed by atoms with Gasteiger partial charge in [0.05, 0.1) is 6.10 Å². The molecular formula is C13H17ClO. The number of aliphatic hydroxyl groups is 1. The van der Waals surface area contributed by atoms with Gasteiger partial charge in [-0.25, -0.2) is 0 Å². The van der Waals surface area contributed by atoms with E-state index >= 15 is 0 Å². The lowest BCUT2D eigenvalue weighted by molar-refractivity contribution is 0.126. The van der Waals surface area contributed by atoms with Crippen molar-refractivity contribution in [2.45, 2.75) is 25.9 Å². The van der Waals surface area contributed by atoms with Gasteiger partial charge in [-0.2, -0.15) is 0 Å². The molecule has 1 aromatic rings. The number of rotatable bonds is 5. The summed E-state index contributed by atoms with van der Waals surface area (Å²) >= 11 is 5.79. The highest BCUT2D eigenvalue weighted by Crippen LogP contribution is 2.27. The Balaban J connectivity index is 2.77. The molecule has 2 atom stereocenters. The van der Waals surface area contributed by atoms with Gasteiger partial charge in [0, 0.05) is 10.9 Å². The van der Waals surface area contributed by atoms with Gasteiger partial charge in [-0.05, 0) is 24.1 Å². The molecule has 0 heterocycles. The highest BCUT2D eigenvalue weighted by Gasteiger charge is 2.16. The van der Waals surface area contributed by atoms with Crippen molar-refractivity contribution in [3.63, 3.8) is 0 Å². The van der Waals surface area contributed by atoms with E-state index in [0.717, 1.165) is 18.4 Å². The molecule has 15 heavy (non-hydrogen) atoms. The second kappa shape index (κ2) is 5.94. The molecule has 0 fully saturated rings. The van der Waals surface area contributed by atoms with Crippen molar-refractivity contribution in [1.29, 1.82) is 0 Å². The van der Waals surface area contributed by atoms with E-state index < -0.39 is 6.10 Å². The summed E-state index contributed by atoms with van der Waals surface area (Å²) in [6.45, 7) is 5.86. The summed E-state index contributed by atoms with van der Waals surface area (Å²) in [7, 11) is 0. The van der Waals surface area contributed by atoms with E-state index in [1.165, 1.54) is 0 Å². The van der Waals surface area contributed by atoms with Crippen LogP contribution >= 0.6 is 11.6 Å². The minimum absolute atomic E-state index is 0.121. The number of hydrogen-bond donors (Lipinski definition) is 1. The van der Waals surface area contributed by atoms with Gasteiger partial charge in [-0.3, -0.25) is 0 Å². The van der Waals surface area contributed by atoms with Crippen LogP contribution < -0.4 is 0 Å². The molecule has 0 bridgehead atoms. The molecule has 1 N–H and O–H groups in total. The lowest BCUT2D eigenvalue weighted by atomic mass is 9.92. The van der Waals surface area contributed by atoms with Gasteiger partial charge in [0.2, 0.25) is 0 Å². The molecule has 0 amide bonds. The fraction of sp³-hybridized carbons (Fsp3) is 0.385. The van der Waals surface area contributed by atoms with Crippen LogP contribution in [0.15, 0.2) is 36.9 Å². The first-order valence-corrected chi connectivity index (χ1v) is 5.63. The summed E-state index contributed by atoms with van der Waals surface area (Å²) in [6, 6.07) is 7.32. The second-order valence-corrected chi connectivity index (χ2v) is 4.12. The van der Waals surface area contributed by atoms with Gasteiger partial charge in [0.25, 0.3) is 0 Å². The molecule has 0 spiro atoms. The van der Waals surface area contributed by atoms with Gasteiger partial charge in [0.1, 0.15) is 0 Å². The van der Waals surface area contributed by atoms with Crippen LogP contribution in [0.2, 0.25) is 5.02 Å². The van der Waals surface area contributed by atoms with Crippen LogP contribution in [0.1, 0.15) is 31.4 Å². The topological polar surface area (TPSA) is 20.2 Å². The zero-order chi connectivity index (χ0) is 11.3. The van der Waals surface area contributed by atoms with Crippen molar-refractivity contribution in [3.05, 3.63) is 47.5 Å². The quantitative estimate of drug-likeness (QED) is 0.751. The molecule has 1 nitrogen and oxygen atoms in total. The molecule has 0 saturated carbocycles. The van der Waals surface area contributed by atoms with Gasteiger partial charge >= 0.3 is 0 Å². The zero-order valence-electron chi connectivity index (χ0n) is 8.99. The van der Waals surface area contributed by atoms with Crippen molar-refractivity contribution < 1.29 is 5.11 Å². The van der Waals surface area contributed by atoms with Crippen molar-refractivity contribution in [2.24, 2.45) is 5.92 Å². The molecule has 0 saturated heterocycles. The summed E-state index contributed by atoms with van der Waals surface area (Å²) < 4.78 is 0. The predicted octanol–water partition coefficient (Wildman–Crippen LogP) is 3.98. The summed E-state index contributed by atoms with van der Waals surface area (Å²) in [6.07, 6.45) is 3.34. The molecule has 0 aliphatic rings. The molecule has 0 unspecified atom stereocenters. The van der Waals surface area contributed by atoms with Crippen molar-refractivity contribution in [1.82, 2.24) is 0 Å². The van der Waals surface area contributed by atoms with E-state index in [9.17, 15) is 5.11 Å². The predicted molar refractivity (Wildman–Crippen MR) is 65.0 cm³/mol. The normalized spacial score (nSPS) is 14.6. The highest BCUT2D eigenvalue weighted by molar-refractivity contribution is 6.30. The third kappa shape index (κ3) is 3.37. The van der Waals surface area contributed by atoms with E-state index in [1.54, 1.807) is 12.1 Å². The van der Waals surface area contributed by atoms with E-state index in [0.29, 0.717) is 5.02 Å². The Labute approximate surface area is 96.4 Å². The van der Waals surface area contributed by atoms with Crippen LogP contribution in [-0.2, 0) is 0 Å². The number of aliphatic hydroxyl groups excluding tert-OH is 1. The summed E-state index contributed by atoms with van der Waals surface area (Å²) in [5, 5.41) is 10.8. The molecule has 1 aromatic carbocycles. The van der Waals surface area contributed by atoms with E-state index in [1.807, 2.05) is 18.2 Å². The standard InChI is InChI=1S/C13H17ClO/c1-3-5-10(4-2)13(15)11-6-8-12(14)9-7-11/h4,6-10,13,15H,2-3,5H2,1H3/t10-,13-/m0/s1. The second-order valence-electron chi connectivity index (χ2n) is 3.68. The Kier molecular flexibility index (Phi) is 4.86. The van der Waals surface area contributed by atoms with Crippen LogP contribution in [0.3, 0.4) is 0 Å². The molecule has 2 heteroatoms. The lowest BCUT2D eigenvalue weighted by Gasteiger charge is -2.19. The van der Waals surface area contributed by atoms with Crippen LogP contribution in [0.4, 0.5) is 0 Å². The third-order valence-electron chi connectivity index (χ3n) is 2.54. The van der Waals surface area contributed by atoms with Crippen LogP contribution in [0, 0.1) is 5.92 Å². The third-order valence-corrected chi connectivity index (χ3v) is 2.79. The highest BCUT2D eigenvalue weighted by atomic mass is 35.5. The van der Waals surface area contributed by atoms with Gasteiger partial charge in [-0.15, -0.1) is 6.58 Å². The Hall–Kier alpha value is -0.790. The molecule has 0 radical (unpaired) electrons. The van der Waals surface area contributed by atoms with Crippen molar-refractivity contribution >= 4 is 11.6 Å². The van der Waals surface area contributed by atoms with E-state index in [4.69, 9.17) is 11.6 Å². The average Bonchev–Trinajstić information content (AvgIpc) is 2.26. The maximum atomic E-state index is 10.1. The maximum Gasteiger partial charge on any atom is 0.0852 e. The Morgan fingerprint density at radius 3 is 2.47 bits per heavy atom. The summed E-state index contributed by atoms with van der Waals surface area (Å²) in [4.78, 5) is 0. The maximum absolute atomic E-state index is 10.1. The Bertz CT molecular complexity index is 305. The molecule has 0 aliphatic heterocycles. The molecular weight excluding hydrogens is 208 g/mol. The number of hydrogen-bond acceptors (Lipinski definition) is 1. The molecule has 0 aliphatic carbocycles. The van der Waals surface area contributed by atoms with Gasteiger partial charge in [-0.1, -0.05) is 43.2 Å². The minimum Gasteiger partial charge on any atom is -0.388 e. The van der Waals surface area contributed by atoms with Crippen LogP contribution in [-0.4, -0.2) is 5.11 Å². The van der Waals surface area contributed by atoms with Crippen LogP contribution in [0.25, 0.3) is 0 Å². The average molecular weight is 225 g/mol. The summed E-state index contributed by atoms with van der Waals surface area (Å²) in [5.74, 6) is 0.121. The van der Waals surface area contributed by atoms with Crippen molar-refractivity contribution in [3.8, 4) is 0 Å². The largest absolute Gasteiger partial charge is 0.388 e. The number of halogens is 1. The SMILES string of the molecule is C=C[C@@H](CCC)[C@H](O)c1ccc(Cl)cc1. The molecule has 0 aromatic heterocycles. The summed E-state index contributed by atoms with van der Waals surface area (Å²) in [5.41, 5.74) is 0.901. The first-order valence-electron chi connectivity index (χ1n) is 5.25. The molecule has 1 rings (SSSR count). The smallest absolute Gasteiger partial charge is 0.0852 e. The minimum atomic E-state index is -0.472. The van der Waals surface area contributed by atoms with E-state index in [2.05, 4.69) is 13.5 Å². The first-order chi connectivity index (χ1) is 7.19. The number of benzene rings is 1. The van der Waals surface area contributed by atoms with E-state index in [-0.39, 0.29) is 5.92 Å². The monoisotopic (exact) mass is 224 g/mol. The van der Waals surface area contributed by atoms with Gasteiger partial charge < -0.3 is 5.11 Å². The fourth-order valence-corrected chi connectivity index (χ4v) is 1.77.